The summed E-state index contributed by atoms with van der Waals surface area (Å²) in [5.41, 5.74) is 0. The first-order chi connectivity index (χ1) is 9.41. The third kappa shape index (κ3) is 12.8. The lowest BCUT2D eigenvalue weighted by molar-refractivity contribution is -0.116. The van der Waals surface area contributed by atoms with Gasteiger partial charge in [0.1, 0.15) is 0 Å². The van der Waals surface area contributed by atoms with Crippen LogP contribution in [0.1, 0.15) is 33.6 Å². The molecule has 0 fully saturated rings. The summed E-state index contributed by atoms with van der Waals surface area (Å²) < 4.78 is 0. The van der Waals surface area contributed by atoms with E-state index in [4.69, 9.17) is 0 Å². The number of ketones is 1. The lowest BCUT2D eigenvalue weighted by Crippen LogP contribution is -2.25. The molecule has 0 aliphatic carbocycles. The van der Waals surface area contributed by atoms with Gasteiger partial charge in [0.05, 0.1) is 6.10 Å². The van der Waals surface area contributed by atoms with Crippen molar-refractivity contribution in [3.8, 4) is 0 Å². The van der Waals surface area contributed by atoms with E-state index in [0.717, 1.165) is 0 Å². The van der Waals surface area contributed by atoms with Gasteiger partial charge in [0, 0.05) is 6.54 Å². The van der Waals surface area contributed by atoms with Crippen molar-refractivity contribution in [1.82, 2.24) is 5.32 Å². The van der Waals surface area contributed by atoms with Crippen molar-refractivity contribution >= 4 is 11.7 Å². The van der Waals surface area contributed by atoms with Crippen molar-refractivity contribution in [3.63, 3.8) is 0 Å². The number of rotatable bonds is 9. The van der Waals surface area contributed by atoms with Gasteiger partial charge in [-0.05, 0) is 37.8 Å². The maximum absolute atomic E-state index is 11.4. The SMILES string of the molecule is CC(=O)/C=C/C=C/C(O)CC/C=C/C(=O)NCC(C)C. The molecule has 0 aromatic carbocycles. The fraction of sp³-hybridized carbons (Fsp3) is 0.500. The molecule has 2 N–H and O–H groups in total. The first-order valence-corrected chi connectivity index (χ1v) is 6.89. The second kappa shape index (κ2) is 11.2. The van der Waals surface area contributed by atoms with Gasteiger partial charge in [-0.3, -0.25) is 9.59 Å². The van der Waals surface area contributed by atoms with Gasteiger partial charge in [0.25, 0.3) is 0 Å². The number of allylic oxidation sites excluding steroid dienone is 4. The lowest BCUT2D eigenvalue weighted by atomic mass is 10.1. The van der Waals surface area contributed by atoms with Crippen LogP contribution >= 0.6 is 0 Å². The maximum atomic E-state index is 11.4. The predicted molar refractivity (Wildman–Crippen MR) is 81.2 cm³/mol. The van der Waals surface area contributed by atoms with Crippen LogP contribution in [-0.4, -0.2) is 29.4 Å². The van der Waals surface area contributed by atoms with Crippen molar-refractivity contribution in [2.75, 3.05) is 6.54 Å². The van der Waals surface area contributed by atoms with Gasteiger partial charge in [0.2, 0.25) is 5.91 Å². The number of amides is 1. The molecule has 0 saturated heterocycles. The number of aliphatic hydroxyl groups is 1. The van der Waals surface area contributed by atoms with Crippen LogP contribution in [0.2, 0.25) is 0 Å². The number of nitrogens with one attached hydrogen (secondary N) is 1. The Morgan fingerprint density at radius 2 is 1.90 bits per heavy atom. The molecule has 0 saturated carbocycles. The highest BCUT2D eigenvalue weighted by molar-refractivity contribution is 5.87. The molecule has 0 aliphatic heterocycles. The van der Waals surface area contributed by atoms with E-state index in [0.29, 0.717) is 25.3 Å². The van der Waals surface area contributed by atoms with Crippen LogP contribution in [0.15, 0.2) is 36.5 Å². The monoisotopic (exact) mass is 279 g/mol. The molecule has 4 nitrogen and oxygen atoms in total. The van der Waals surface area contributed by atoms with Crippen LogP contribution < -0.4 is 5.32 Å². The molecular formula is C16H25NO3. The van der Waals surface area contributed by atoms with E-state index in [1.807, 2.05) is 13.8 Å². The summed E-state index contributed by atoms with van der Waals surface area (Å²) in [6.07, 6.45) is 10.1. The zero-order valence-corrected chi connectivity index (χ0v) is 12.5. The molecule has 1 amide bonds. The minimum atomic E-state index is -0.574. The van der Waals surface area contributed by atoms with Crippen molar-refractivity contribution in [1.29, 1.82) is 0 Å². The highest BCUT2D eigenvalue weighted by atomic mass is 16.3. The zero-order valence-electron chi connectivity index (χ0n) is 12.5. The Hall–Kier alpha value is -1.68. The molecule has 0 heterocycles. The fourth-order valence-electron chi connectivity index (χ4n) is 1.30. The maximum Gasteiger partial charge on any atom is 0.243 e. The molecule has 1 unspecified atom stereocenters. The van der Waals surface area contributed by atoms with E-state index in [1.54, 1.807) is 24.3 Å². The predicted octanol–water partition coefficient (Wildman–Crippen LogP) is 2.16. The highest BCUT2D eigenvalue weighted by Gasteiger charge is 1.98. The van der Waals surface area contributed by atoms with Gasteiger partial charge >= 0.3 is 0 Å². The van der Waals surface area contributed by atoms with Crippen molar-refractivity contribution in [2.45, 2.75) is 39.7 Å². The van der Waals surface area contributed by atoms with Gasteiger partial charge in [0.15, 0.2) is 5.78 Å². The Balaban J connectivity index is 3.82. The average Bonchev–Trinajstić information content (AvgIpc) is 2.37. The summed E-state index contributed by atoms with van der Waals surface area (Å²) in [7, 11) is 0. The smallest absolute Gasteiger partial charge is 0.243 e. The lowest BCUT2D eigenvalue weighted by Gasteiger charge is -2.04. The van der Waals surface area contributed by atoms with E-state index < -0.39 is 6.10 Å². The molecule has 0 bridgehead atoms. The summed E-state index contributed by atoms with van der Waals surface area (Å²) in [5, 5.41) is 12.4. The van der Waals surface area contributed by atoms with Crippen molar-refractivity contribution in [2.24, 2.45) is 5.92 Å². The molecular weight excluding hydrogens is 254 g/mol. The highest BCUT2D eigenvalue weighted by Crippen LogP contribution is 2.00. The van der Waals surface area contributed by atoms with Crippen LogP contribution in [0.4, 0.5) is 0 Å². The average molecular weight is 279 g/mol. The van der Waals surface area contributed by atoms with Crippen LogP contribution in [0.3, 0.4) is 0 Å². The van der Waals surface area contributed by atoms with Crippen LogP contribution in [0.25, 0.3) is 0 Å². The second-order valence-electron chi connectivity index (χ2n) is 5.04. The van der Waals surface area contributed by atoms with E-state index in [2.05, 4.69) is 5.32 Å². The first-order valence-electron chi connectivity index (χ1n) is 6.89. The largest absolute Gasteiger partial charge is 0.389 e. The molecule has 0 aromatic rings. The van der Waals surface area contributed by atoms with Crippen LogP contribution in [0.5, 0.6) is 0 Å². The Bertz CT molecular complexity index is 381. The van der Waals surface area contributed by atoms with E-state index in [-0.39, 0.29) is 11.7 Å². The number of hydrogen-bond donors (Lipinski definition) is 2. The zero-order chi connectivity index (χ0) is 15.4. The Kier molecular flexibility index (Phi) is 10.2. The Morgan fingerprint density at radius 1 is 1.20 bits per heavy atom. The number of hydrogen-bond acceptors (Lipinski definition) is 3. The molecule has 4 heteroatoms. The third-order valence-electron chi connectivity index (χ3n) is 2.36. The van der Waals surface area contributed by atoms with Gasteiger partial charge in [-0.1, -0.05) is 38.2 Å². The van der Waals surface area contributed by atoms with Crippen molar-refractivity contribution in [3.05, 3.63) is 36.5 Å². The summed E-state index contributed by atoms with van der Waals surface area (Å²) in [6.45, 7) is 6.20. The Labute approximate surface area is 121 Å². The standard InChI is InChI=1S/C16H25NO3/c1-13(2)12-17-16(20)11-7-6-10-15(19)9-5-4-8-14(3)18/h4-5,7-9,11,13,15,19H,6,10,12H2,1-3H3,(H,17,20)/b8-4+,9-5+,11-7+. The van der Waals surface area contributed by atoms with Gasteiger partial charge in [-0.15, -0.1) is 0 Å². The quantitative estimate of drug-likeness (QED) is 0.502. The van der Waals surface area contributed by atoms with Crippen molar-refractivity contribution < 1.29 is 14.7 Å². The summed E-state index contributed by atoms with van der Waals surface area (Å²) >= 11 is 0. The molecule has 0 radical (unpaired) electrons. The topological polar surface area (TPSA) is 66.4 Å². The molecule has 0 rings (SSSR count). The minimum absolute atomic E-state index is 0.0283. The third-order valence-corrected chi connectivity index (χ3v) is 2.36. The molecule has 20 heavy (non-hydrogen) atoms. The van der Waals surface area contributed by atoms with E-state index >= 15 is 0 Å². The normalized spacial score (nSPS) is 13.7. The minimum Gasteiger partial charge on any atom is -0.389 e. The molecule has 0 aliphatic rings. The number of carbonyl (C=O) groups excluding carboxylic acids is 2. The molecule has 112 valence electrons. The van der Waals surface area contributed by atoms with E-state index in [1.165, 1.54) is 19.1 Å². The van der Waals surface area contributed by atoms with Gasteiger partial charge in [-0.25, -0.2) is 0 Å². The molecule has 0 spiro atoms. The molecule has 0 aromatic heterocycles. The van der Waals surface area contributed by atoms with Gasteiger partial charge < -0.3 is 10.4 Å². The Morgan fingerprint density at radius 3 is 2.50 bits per heavy atom. The van der Waals surface area contributed by atoms with Gasteiger partial charge in [-0.2, -0.15) is 0 Å². The van der Waals surface area contributed by atoms with E-state index in [9.17, 15) is 14.7 Å². The first kappa shape index (κ1) is 18.3. The number of aliphatic hydroxyl groups excluding tert-OH is 1. The summed E-state index contributed by atoms with van der Waals surface area (Å²) in [5.74, 6) is 0.301. The van der Waals surface area contributed by atoms with Crippen LogP contribution in [-0.2, 0) is 9.59 Å². The summed E-state index contributed by atoms with van der Waals surface area (Å²) in [4.78, 5) is 22.0. The summed E-state index contributed by atoms with van der Waals surface area (Å²) in [6, 6.07) is 0. The fourth-order valence-corrected chi connectivity index (χ4v) is 1.30. The molecule has 1 atom stereocenters. The second-order valence-corrected chi connectivity index (χ2v) is 5.04. The van der Waals surface area contributed by atoms with Crippen LogP contribution in [0, 0.1) is 5.92 Å². The number of carbonyl (C=O) groups is 2.